The highest BCUT2D eigenvalue weighted by atomic mass is 16.5. The lowest BCUT2D eigenvalue weighted by atomic mass is 9.48. The zero-order valence-electron chi connectivity index (χ0n) is 14.9. The van der Waals surface area contributed by atoms with E-state index in [1.807, 2.05) is 24.6 Å². The number of ketones is 1. The maximum absolute atomic E-state index is 13.2. The summed E-state index contributed by atoms with van der Waals surface area (Å²) >= 11 is 0. The average Bonchev–Trinajstić information content (AvgIpc) is 2.85. The highest BCUT2D eigenvalue weighted by molar-refractivity contribution is 5.94. The van der Waals surface area contributed by atoms with E-state index in [1.54, 1.807) is 13.0 Å². The molecule has 5 rings (SSSR count). The topological polar surface area (TPSA) is 48.3 Å². The van der Waals surface area contributed by atoms with Gasteiger partial charge in [0.25, 0.3) is 0 Å². The molecule has 130 valence electrons. The molecule has 1 unspecified atom stereocenters. The van der Waals surface area contributed by atoms with Crippen LogP contribution in [0.15, 0.2) is 12.1 Å². The van der Waals surface area contributed by atoms with Gasteiger partial charge in [0, 0.05) is 18.2 Å². The van der Waals surface area contributed by atoms with E-state index in [-0.39, 0.29) is 11.2 Å². The predicted octanol–water partition coefficient (Wildman–Crippen LogP) is 3.66. The van der Waals surface area contributed by atoms with Crippen molar-refractivity contribution in [2.45, 2.75) is 58.5 Å². The summed E-state index contributed by atoms with van der Waals surface area (Å²) in [5.41, 5.74) is 1.30. The van der Waals surface area contributed by atoms with Crippen LogP contribution in [0.4, 0.5) is 0 Å². The normalized spacial score (nSPS) is 35.0. The Bertz CT molecular complexity index is 652. The molecule has 0 saturated heterocycles. The van der Waals surface area contributed by atoms with Crippen LogP contribution in [0.1, 0.15) is 61.6 Å². The highest BCUT2D eigenvalue weighted by Crippen LogP contribution is 2.60. The van der Waals surface area contributed by atoms with Gasteiger partial charge in [0.15, 0.2) is 11.9 Å². The fourth-order valence-electron chi connectivity index (χ4n) is 5.94. The van der Waals surface area contributed by atoms with E-state index in [0.29, 0.717) is 5.69 Å². The number of hydrogen-bond acceptors (Lipinski definition) is 3. The third-order valence-corrected chi connectivity index (χ3v) is 6.80. The zero-order valence-corrected chi connectivity index (χ0v) is 14.9. The van der Waals surface area contributed by atoms with E-state index in [0.717, 1.165) is 42.7 Å². The molecule has 4 nitrogen and oxygen atoms in total. The molecule has 1 aromatic heterocycles. The number of aromatic nitrogens is 1. The number of nitrogens with zero attached hydrogens (tertiary/aromatic N) is 1. The lowest BCUT2D eigenvalue weighted by Crippen LogP contribution is -2.52. The largest absolute Gasteiger partial charge is 0.450 e. The maximum Gasteiger partial charge on any atom is 0.355 e. The van der Waals surface area contributed by atoms with Crippen molar-refractivity contribution >= 4 is 11.8 Å². The number of esters is 1. The zero-order chi connectivity index (χ0) is 17.1. The van der Waals surface area contributed by atoms with Gasteiger partial charge in [0.2, 0.25) is 0 Å². The van der Waals surface area contributed by atoms with Gasteiger partial charge >= 0.3 is 5.97 Å². The first kappa shape index (κ1) is 15.9. The summed E-state index contributed by atoms with van der Waals surface area (Å²) in [7, 11) is 1.84. The fraction of sp³-hybridized carbons (Fsp3) is 0.700. The van der Waals surface area contributed by atoms with Gasteiger partial charge < -0.3 is 9.30 Å². The van der Waals surface area contributed by atoms with Crippen molar-refractivity contribution in [2.75, 3.05) is 0 Å². The van der Waals surface area contributed by atoms with Crippen molar-refractivity contribution in [1.82, 2.24) is 4.57 Å². The van der Waals surface area contributed by atoms with E-state index in [1.165, 1.54) is 19.3 Å². The number of ether oxygens (including phenoxy) is 1. The summed E-state index contributed by atoms with van der Waals surface area (Å²) in [5.74, 6) is 1.94. The van der Waals surface area contributed by atoms with Crippen LogP contribution in [0, 0.1) is 30.1 Å². The van der Waals surface area contributed by atoms with Gasteiger partial charge in [0.1, 0.15) is 5.69 Å². The minimum Gasteiger partial charge on any atom is -0.450 e. The molecule has 1 aromatic rings. The summed E-state index contributed by atoms with van der Waals surface area (Å²) in [6.07, 6.45) is 6.33. The molecular formula is C20H27NO3. The third kappa shape index (κ3) is 2.42. The van der Waals surface area contributed by atoms with Gasteiger partial charge in [-0.05, 0) is 82.3 Å². The Morgan fingerprint density at radius 1 is 1.12 bits per heavy atom. The second kappa shape index (κ2) is 5.47. The smallest absolute Gasteiger partial charge is 0.355 e. The van der Waals surface area contributed by atoms with Crippen LogP contribution in [-0.4, -0.2) is 22.4 Å². The second-order valence-corrected chi connectivity index (χ2v) is 8.53. The molecular weight excluding hydrogens is 302 g/mol. The van der Waals surface area contributed by atoms with Gasteiger partial charge in [-0.15, -0.1) is 0 Å². The molecule has 4 aliphatic rings. The monoisotopic (exact) mass is 329 g/mol. The second-order valence-electron chi connectivity index (χ2n) is 8.53. The first-order chi connectivity index (χ1) is 11.4. The number of hydrogen-bond donors (Lipinski definition) is 0. The quantitative estimate of drug-likeness (QED) is 0.792. The highest BCUT2D eigenvalue weighted by Gasteiger charge is 2.55. The van der Waals surface area contributed by atoms with Crippen LogP contribution in [0.3, 0.4) is 0 Å². The molecule has 0 radical (unpaired) electrons. The van der Waals surface area contributed by atoms with Crippen molar-refractivity contribution in [3.63, 3.8) is 0 Å². The summed E-state index contributed by atoms with van der Waals surface area (Å²) in [4.78, 5) is 25.6. The Kier molecular flexibility index (Phi) is 3.63. The van der Waals surface area contributed by atoms with Gasteiger partial charge in [-0.25, -0.2) is 4.79 Å². The van der Waals surface area contributed by atoms with Gasteiger partial charge in [-0.1, -0.05) is 0 Å². The molecule has 4 saturated carbocycles. The number of carbonyl (C=O) groups excluding carboxylic acids is 2. The summed E-state index contributed by atoms with van der Waals surface area (Å²) < 4.78 is 7.38. The lowest BCUT2D eigenvalue weighted by Gasteiger charge is -2.56. The first-order valence-electron chi connectivity index (χ1n) is 9.25. The maximum atomic E-state index is 13.2. The van der Waals surface area contributed by atoms with Crippen LogP contribution >= 0.6 is 0 Å². The minimum atomic E-state index is -0.649. The van der Waals surface area contributed by atoms with Gasteiger partial charge in [0.05, 0.1) is 0 Å². The molecule has 0 spiro atoms. The summed E-state index contributed by atoms with van der Waals surface area (Å²) in [5, 5.41) is 0. The van der Waals surface area contributed by atoms with Crippen LogP contribution in [0.25, 0.3) is 0 Å². The predicted molar refractivity (Wildman–Crippen MR) is 90.6 cm³/mol. The average molecular weight is 329 g/mol. The van der Waals surface area contributed by atoms with Crippen molar-refractivity contribution in [3.8, 4) is 0 Å². The SMILES string of the molecule is Cc1ccc(C(=O)OC(C)C(=O)C23CC4CC(CC(C4)C2)C3)n1C. The summed E-state index contributed by atoms with van der Waals surface area (Å²) in [6.45, 7) is 3.70. The Balaban J connectivity index is 1.48. The van der Waals surface area contributed by atoms with E-state index >= 15 is 0 Å². The van der Waals surface area contributed by atoms with E-state index in [2.05, 4.69) is 0 Å². The molecule has 4 bridgehead atoms. The molecule has 24 heavy (non-hydrogen) atoms. The van der Waals surface area contributed by atoms with Gasteiger partial charge in [-0.2, -0.15) is 0 Å². The molecule has 0 aromatic carbocycles. The Hall–Kier alpha value is -1.58. The van der Waals surface area contributed by atoms with Crippen LogP contribution in [-0.2, 0) is 16.6 Å². The number of rotatable bonds is 4. The van der Waals surface area contributed by atoms with E-state index in [4.69, 9.17) is 4.74 Å². The van der Waals surface area contributed by atoms with Crippen molar-refractivity contribution in [1.29, 1.82) is 0 Å². The molecule has 0 N–H and O–H groups in total. The van der Waals surface area contributed by atoms with Crippen LogP contribution in [0.5, 0.6) is 0 Å². The van der Waals surface area contributed by atoms with Crippen molar-refractivity contribution < 1.29 is 14.3 Å². The summed E-state index contributed by atoms with van der Waals surface area (Å²) in [6, 6.07) is 3.65. The molecule has 4 heteroatoms. The molecule has 0 aliphatic heterocycles. The molecule has 0 amide bonds. The third-order valence-electron chi connectivity index (χ3n) is 6.80. The van der Waals surface area contributed by atoms with Gasteiger partial charge in [-0.3, -0.25) is 4.79 Å². The van der Waals surface area contributed by atoms with Crippen LogP contribution < -0.4 is 0 Å². The standard InChI is InChI=1S/C20H27NO3/c1-12-4-5-17(21(12)3)19(23)24-13(2)18(22)20-9-14-6-15(10-20)8-16(7-14)11-20/h4-5,13-16H,6-11H2,1-3H3. The Labute approximate surface area is 143 Å². The van der Waals surface area contributed by atoms with Crippen molar-refractivity contribution in [2.24, 2.45) is 30.2 Å². The number of Topliss-reactive ketones (excluding diaryl/α,β-unsaturated/α-hetero) is 1. The number of aryl methyl sites for hydroxylation is 1. The van der Waals surface area contributed by atoms with Crippen LogP contribution in [0.2, 0.25) is 0 Å². The Morgan fingerprint density at radius 2 is 1.67 bits per heavy atom. The van der Waals surface area contributed by atoms with Crippen molar-refractivity contribution in [3.05, 3.63) is 23.5 Å². The molecule has 1 atom stereocenters. The first-order valence-corrected chi connectivity index (χ1v) is 9.25. The lowest BCUT2D eigenvalue weighted by molar-refractivity contribution is -0.152. The Morgan fingerprint density at radius 3 is 2.12 bits per heavy atom. The molecule has 4 fully saturated rings. The van der Waals surface area contributed by atoms with E-state index < -0.39 is 12.1 Å². The molecule has 4 aliphatic carbocycles. The number of carbonyl (C=O) groups is 2. The van der Waals surface area contributed by atoms with E-state index in [9.17, 15) is 9.59 Å². The fourth-order valence-corrected chi connectivity index (χ4v) is 5.94. The molecule has 1 heterocycles. The minimum absolute atomic E-state index is 0.167.